The molecule has 5 heterocycles. The molecule has 18 atom stereocenters. The fraction of sp³-hybridized carbons (Fsp3) is 0.886. The van der Waals surface area contributed by atoms with Crippen LogP contribution in [0, 0.1) is 41.4 Å². The van der Waals surface area contributed by atoms with E-state index in [1.54, 1.807) is 6.92 Å². The molecule has 1 unspecified atom stereocenters. The van der Waals surface area contributed by atoms with Crippen molar-refractivity contribution < 1.29 is 48.6 Å². The van der Waals surface area contributed by atoms with Gasteiger partial charge in [-0.15, -0.1) is 11.8 Å². The van der Waals surface area contributed by atoms with E-state index in [-0.39, 0.29) is 47.8 Å². The molecule has 5 aliphatic rings. The summed E-state index contributed by atoms with van der Waals surface area (Å²) in [4.78, 5) is 26.6. The first-order valence-corrected chi connectivity index (χ1v) is 23.5. The Labute approximate surface area is 351 Å². The number of ketones is 1. The van der Waals surface area contributed by atoms with Crippen LogP contribution in [0.25, 0.3) is 0 Å². The molecule has 0 aromatic carbocycles. The van der Waals surface area contributed by atoms with Gasteiger partial charge in [0.1, 0.15) is 16.1 Å². The number of rotatable bonds is 13. The monoisotopic (exact) mass is 839 g/mol. The second kappa shape index (κ2) is 18.4. The van der Waals surface area contributed by atoms with E-state index in [1.165, 1.54) is 11.8 Å². The largest absolute Gasteiger partial charge is 0.481 e. The van der Waals surface area contributed by atoms with E-state index in [0.29, 0.717) is 55.7 Å². The van der Waals surface area contributed by atoms with Crippen molar-refractivity contribution in [2.24, 2.45) is 41.4 Å². The van der Waals surface area contributed by atoms with Crippen LogP contribution in [-0.4, -0.2) is 103 Å². The van der Waals surface area contributed by atoms with Crippen molar-refractivity contribution in [3.05, 3.63) is 12.2 Å². The van der Waals surface area contributed by atoms with Crippen LogP contribution >= 0.6 is 24.0 Å². The normalized spacial score (nSPS) is 43.6. The number of carbonyl (C=O) groups excluding carboxylic acids is 1. The molecule has 2 spiro atoms. The third-order valence-corrected chi connectivity index (χ3v) is 16.0. The van der Waals surface area contributed by atoms with Crippen molar-refractivity contribution in [1.82, 2.24) is 5.32 Å². The van der Waals surface area contributed by atoms with Gasteiger partial charge >= 0.3 is 5.97 Å². The van der Waals surface area contributed by atoms with E-state index in [4.69, 9.17) is 35.9 Å². The van der Waals surface area contributed by atoms with Gasteiger partial charge in [0.25, 0.3) is 0 Å². The lowest BCUT2D eigenvalue weighted by Gasteiger charge is -2.55. The maximum Gasteiger partial charge on any atom is 0.309 e. The van der Waals surface area contributed by atoms with Gasteiger partial charge in [-0.05, 0) is 95.8 Å². The highest BCUT2D eigenvalue weighted by Gasteiger charge is 2.63. The molecule has 5 aliphatic heterocycles. The van der Waals surface area contributed by atoms with Crippen molar-refractivity contribution in [2.75, 3.05) is 6.26 Å². The number of aliphatic hydroxyl groups is 2. The number of hydrogen-bond acceptors (Lipinski definition) is 11. The smallest absolute Gasteiger partial charge is 0.309 e. The Kier molecular flexibility index (Phi) is 15.2. The highest BCUT2D eigenvalue weighted by atomic mass is 32.2. The zero-order chi connectivity index (χ0) is 42.2. The van der Waals surface area contributed by atoms with E-state index in [0.717, 1.165) is 12.8 Å². The number of nitrogens with one attached hydrogen (secondary N) is 1. The zero-order valence-corrected chi connectivity index (χ0v) is 38.0. The summed E-state index contributed by atoms with van der Waals surface area (Å²) in [6.45, 7) is 19.9. The third kappa shape index (κ3) is 9.22. The zero-order valence-electron chi connectivity index (χ0n) is 36.3. The maximum atomic E-state index is 14.6. The first kappa shape index (κ1) is 46.9. The molecular formula is C44H73NO10S2. The molecule has 0 aromatic rings. The second-order valence-electron chi connectivity index (χ2n) is 18.6. The lowest BCUT2D eigenvalue weighted by Crippen LogP contribution is -2.65. The van der Waals surface area contributed by atoms with Crippen LogP contribution in [-0.2, 0) is 33.3 Å². The van der Waals surface area contributed by atoms with E-state index >= 15 is 0 Å². The van der Waals surface area contributed by atoms with E-state index in [9.17, 15) is 24.9 Å². The summed E-state index contributed by atoms with van der Waals surface area (Å²) in [5, 5.41) is 36.3. The Balaban J connectivity index is 1.37. The molecule has 0 amide bonds. The summed E-state index contributed by atoms with van der Waals surface area (Å²) in [5.41, 5.74) is -1.57. The van der Waals surface area contributed by atoms with Gasteiger partial charge in [0.05, 0.1) is 53.7 Å². The number of carboxylic acids is 1. The second-order valence-corrected chi connectivity index (χ2v) is 20.1. The number of aliphatic carboxylic acids is 1. The molecule has 57 heavy (non-hydrogen) atoms. The number of aliphatic hydroxyl groups excluding tert-OH is 1. The first-order chi connectivity index (χ1) is 26.7. The number of thioether (sulfide) groups is 1. The van der Waals surface area contributed by atoms with Gasteiger partial charge in [-0.2, -0.15) is 0 Å². The van der Waals surface area contributed by atoms with Crippen LogP contribution < -0.4 is 5.32 Å². The number of carboxylic acid groups (broad SMARTS) is 1. The Bertz CT molecular complexity index is 1470. The Morgan fingerprint density at radius 3 is 2.23 bits per heavy atom. The molecule has 0 bridgehead atoms. The maximum absolute atomic E-state index is 14.6. The average molecular weight is 840 g/mol. The Morgan fingerprint density at radius 2 is 1.63 bits per heavy atom. The lowest BCUT2D eigenvalue weighted by atomic mass is 9.72. The van der Waals surface area contributed by atoms with Crippen LogP contribution in [0.2, 0.25) is 0 Å². The fourth-order valence-corrected chi connectivity index (χ4v) is 11.2. The molecule has 0 saturated carbocycles. The fourth-order valence-electron chi connectivity index (χ4n) is 10.9. The summed E-state index contributed by atoms with van der Waals surface area (Å²) in [7, 11) is 0. The molecule has 4 N–H and O–H groups in total. The number of thiocarbonyl (C=S) groups is 1. The Morgan fingerprint density at radius 1 is 0.947 bits per heavy atom. The minimum Gasteiger partial charge on any atom is -0.481 e. The van der Waals surface area contributed by atoms with Crippen molar-refractivity contribution in [3.8, 4) is 0 Å². The number of hydrogen-bond donors (Lipinski definition) is 4. The minimum absolute atomic E-state index is 0.0304. The molecule has 4 fully saturated rings. The van der Waals surface area contributed by atoms with Crippen LogP contribution in [0.4, 0.5) is 0 Å². The number of Topliss-reactive ketones (excluding diaryl/α,β-unsaturated/α-hetero) is 1. The first-order valence-electron chi connectivity index (χ1n) is 21.8. The molecule has 5 rings (SSSR count). The molecule has 13 heteroatoms. The van der Waals surface area contributed by atoms with Gasteiger partial charge in [0.2, 0.25) is 0 Å². The van der Waals surface area contributed by atoms with Gasteiger partial charge in [-0.3, -0.25) is 9.59 Å². The molecule has 0 aromatic heterocycles. The standard InChI is InChI=1S/C44H73NO10S2/c1-12-30(39(48)49)32-16-15-24(4)37(52-32)28(8)35(46)27(7)36(47)31(13-2)38-25(5)23-26(6)43(53-38)20-17-33(45-40(56)57-11)44(55-43)22-21-41(10,54-44)34-18-19-42(50,14-3)29(9)51-34/h17,20,24-35,37-38,46,50H,12-16,18-19,21-23H2,1-11H3,(H,45,56)(H,48,49)/t24-,25-,26+,27-,28-,29-,30+,31?,32+,33+,34+,35+,37+,38-,41-,42+,43-,44-/m0/s1. The topological polar surface area (TPSA) is 153 Å². The summed E-state index contributed by atoms with van der Waals surface area (Å²) in [5.74, 6) is -5.39. The van der Waals surface area contributed by atoms with E-state index in [1.807, 2.05) is 47.0 Å². The van der Waals surface area contributed by atoms with Crippen LogP contribution in [0.1, 0.15) is 133 Å². The van der Waals surface area contributed by atoms with Crippen molar-refractivity contribution in [3.63, 3.8) is 0 Å². The molecule has 0 radical (unpaired) electrons. The Hall–Kier alpha value is -1.16. The van der Waals surface area contributed by atoms with Gasteiger partial charge in [-0.25, -0.2) is 0 Å². The highest BCUT2D eigenvalue weighted by Crippen LogP contribution is 2.54. The number of ether oxygens (including phenoxy) is 5. The van der Waals surface area contributed by atoms with Gasteiger partial charge in [0.15, 0.2) is 11.6 Å². The lowest BCUT2D eigenvalue weighted by molar-refractivity contribution is -0.397. The summed E-state index contributed by atoms with van der Waals surface area (Å²) < 4.78 is 35.2. The minimum atomic E-state index is -1.19. The molecule has 11 nitrogen and oxygen atoms in total. The SMILES string of the molecule is CCC(C(=O)[C@@H](C)[C@@H](O)[C@H](C)[C@@H]1O[C@@H]([C@@H](CC)C(=O)O)CC[C@@H]1C)[C@H]1O[C@]2(C=C[C@@H](NC(=S)SC)[C@]3(CC[C@@](C)([C@H]4CC[C@](O)(CC)[C@H](C)O4)O3)O2)[C@H](C)C[C@@H]1C. The van der Waals surface area contributed by atoms with E-state index < -0.39 is 70.9 Å². The molecule has 0 aliphatic carbocycles. The van der Waals surface area contributed by atoms with Crippen LogP contribution in [0.15, 0.2) is 12.2 Å². The summed E-state index contributed by atoms with van der Waals surface area (Å²) in [6, 6.07) is -0.403. The van der Waals surface area contributed by atoms with Gasteiger partial charge in [0, 0.05) is 30.1 Å². The van der Waals surface area contributed by atoms with Gasteiger partial charge in [-0.1, -0.05) is 73.7 Å². The molecular weight excluding hydrogens is 767 g/mol. The quantitative estimate of drug-likeness (QED) is 0.108. The molecule has 4 saturated heterocycles. The summed E-state index contributed by atoms with van der Waals surface area (Å²) in [6.07, 6.45) is 9.45. The predicted octanol–water partition coefficient (Wildman–Crippen LogP) is 7.43. The van der Waals surface area contributed by atoms with Crippen LogP contribution in [0.3, 0.4) is 0 Å². The highest BCUT2D eigenvalue weighted by molar-refractivity contribution is 8.22. The van der Waals surface area contributed by atoms with E-state index in [2.05, 4.69) is 39.1 Å². The van der Waals surface area contributed by atoms with Crippen molar-refractivity contribution >= 4 is 40.1 Å². The van der Waals surface area contributed by atoms with Crippen LogP contribution in [0.5, 0.6) is 0 Å². The van der Waals surface area contributed by atoms with Crippen molar-refractivity contribution in [1.29, 1.82) is 0 Å². The average Bonchev–Trinajstić information content (AvgIpc) is 3.52. The third-order valence-electron chi connectivity index (χ3n) is 14.9. The molecule has 326 valence electrons. The summed E-state index contributed by atoms with van der Waals surface area (Å²) >= 11 is 7.10. The van der Waals surface area contributed by atoms with Crippen molar-refractivity contribution in [2.45, 2.75) is 199 Å². The predicted molar refractivity (Wildman–Crippen MR) is 226 cm³/mol. The van der Waals surface area contributed by atoms with Gasteiger partial charge < -0.3 is 44.3 Å². The number of carbonyl (C=O) groups is 2.